The van der Waals surface area contributed by atoms with E-state index < -0.39 is 5.97 Å². The molecule has 0 unspecified atom stereocenters. The number of hydrogen-bond acceptors (Lipinski definition) is 4. The van der Waals surface area contributed by atoms with Crippen LogP contribution in [0.25, 0.3) is 0 Å². The van der Waals surface area contributed by atoms with Crippen LogP contribution in [0.15, 0.2) is 5.38 Å². The first-order chi connectivity index (χ1) is 7.63. The number of unbranched alkanes of at least 4 members (excludes halogenated alkanes) is 1. The van der Waals surface area contributed by atoms with Crippen LogP contribution in [0, 0.1) is 0 Å². The van der Waals surface area contributed by atoms with Crippen LogP contribution in [0.5, 0.6) is 0 Å². The van der Waals surface area contributed by atoms with Crippen LogP contribution < -0.4 is 0 Å². The van der Waals surface area contributed by atoms with E-state index in [1.165, 1.54) is 24.2 Å². The van der Waals surface area contributed by atoms with Crippen molar-refractivity contribution < 1.29 is 9.90 Å². The summed E-state index contributed by atoms with van der Waals surface area (Å²) in [6, 6.07) is 0. The molecular formula is C11H18N2O2S. The van der Waals surface area contributed by atoms with Gasteiger partial charge >= 0.3 is 5.97 Å². The minimum atomic E-state index is -0.943. The van der Waals surface area contributed by atoms with Gasteiger partial charge in [-0.3, -0.25) is 0 Å². The monoisotopic (exact) mass is 242 g/mol. The van der Waals surface area contributed by atoms with Crippen LogP contribution in [0.4, 0.5) is 0 Å². The van der Waals surface area contributed by atoms with Crippen molar-refractivity contribution >= 4 is 17.3 Å². The molecule has 0 saturated carbocycles. The first-order valence-electron chi connectivity index (χ1n) is 5.49. The van der Waals surface area contributed by atoms with Crippen molar-refractivity contribution in [3.8, 4) is 0 Å². The summed E-state index contributed by atoms with van der Waals surface area (Å²) in [4.78, 5) is 16.9. The number of rotatable bonds is 7. The van der Waals surface area contributed by atoms with Crippen LogP contribution in [0.3, 0.4) is 0 Å². The van der Waals surface area contributed by atoms with Crippen LogP contribution in [-0.2, 0) is 6.42 Å². The van der Waals surface area contributed by atoms with E-state index in [0.717, 1.165) is 24.5 Å². The average Bonchev–Trinajstić information content (AvgIpc) is 2.72. The topological polar surface area (TPSA) is 53.4 Å². The fraction of sp³-hybridized carbons (Fsp3) is 0.636. The Labute approximate surface area is 99.9 Å². The molecule has 0 spiro atoms. The predicted octanol–water partition coefficient (Wildman–Crippen LogP) is 2.12. The minimum Gasteiger partial charge on any atom is -0.476 e. The molecule has 0 fully saturated rings. The molecule has 1 aromatic heterocycles. The van der Waals surface area contributed by atoms with Crippen molar-refractivity contribution in [2.75, 3.05) is 20.1 Å². The first kappa shape index (κ1) is 13.1. The highest BCUT2D eigenvalue weighted by Gasteiger charge is 2.08. The second-order valence-corrected chi connectivity index (χ2v) is 4.78. The number of carboxylic acid groups (broad SMARTS) is 1. The van der Waals surface area contributed by atoms with Crippen LogP contribution >= 0.6 is 11.3 Å². The van der Waals surface area contributed by atoms with E-state index in [9.17, 15) is 4.79 Å². The molecule has 0 bridgehead atoms. The molecule has 1 N–H and O–H groups in total. The smallest absolute Gasteiger partial charge is 0.355 e. The predicted molar refractivity (Wildman–Crippen MR) is 65.2 cm³/mol. The minimum absolute atomic E-state index is 0.163. The number of carbonyl (C=O) groups is 1. The summed E-state index contributed by atoms with van der Waals surface area (Å²) in [6.07, 6.45) is 3.23. The molecule has 1 aromatic rings. The molecule has 0 amide bonds. The molecular weight excluding hydrogens is 224 g/mol. The molecule has 0 atom stereocenters. The van der Waals surface area contributed by atoms with Gasteiger partial charge in [-0.25, -0.2) is 9.78 Å². The van der Waals surface area contributed by atoms with E-state index in [2.05, 4.69) is 23.9 Å². The van der Waals surface area contributed by atoms with Crippen molar-refractivity contribution in [3.63, 3.8) is 0 Å². The number of aromatic nitrogens is 1. The SMILES string of the molecule is CCCCN(C)CCc1nc(C(=O)O)cs1. The van der Waals surface area contributed by atoms with Crippen LogP contribution in [-0.4, -0.2) is 41.1 Å². The standard InChI is InChI=1S/C11H18N2O2S/c1-3-4-6-13(2)7-5-10-12-9(8-16-10)11(14)15/h8H,3-7H2,1-2H3,(H,14,15). The average molecular weight is 242 g/mol. The number of carboxylic acids is 1. The normalized spacial score (nSPS) is 10.9. The van der Waals surface area contributed by atoms with Gasteiger partial charge in [-0.2, -0.15) is 0 Å². The van der Waals surface area contributed by atoms with Crippen molar-refractivity contribution in [2.45, 2.75) is 26.2 Å². The Morgan fingerprint density at radius 1 is 1.56 bits per heavy atom. The van der Waals surface area contributed by atoms with Crippen molar-refractivity contribution in [1.82, 2.24) is 9.88 Å². The summed E-state index contributed by atoms with van der Waals surface area (Å²) in [5.74, 6) is -0.943. The van der Waals surface area contributed by atoms with E-state index in [4.69, 9.17) is 5.11 Å². The maximum Gasteiger partial charge on any atom is 0.355 e. The summed E-state index contributed by atoms with van der Waals surface area (Å²) in [5, 5.41) is 11.2. The van der Waals surface area contributed by atoms with Crippen molar-refractivity contribution in [2.24, 2.45) is 0 Å². The zero-order chi connectivity index (χ0) is 12.0. The van der Waals surface area contributed by atoms with Gasteiger partial charge in [-0.05, 0) is 20.0 Å². The Bertz CT molecular complexity index is 338. The maximum atomic E-state index is 10.6. The summed E-state index contributed by atoms with van der Waals surface area (Å²) < 4.78 is 0. The fourth-order valence-electron chi connectivity index (χ4n) is 1.35. The molecule has 90 valence electrons. The molecule has 4 nitrogen and oxygen atoms in total. The Hall–Kier alpha value is -0.940. The Morgan fingerprint density at radius 2 is 2.31 bits per heavy atom. The largest absolute Gasteiger partial charge is 0.476 e. The molecule has 0 saturated heterocycles. The van der Waals surface area contributed by atoms with Crippen molar-refractivity contribution in [1.29, 1.82) is 0 Å². The Balaban J connectivity index is 2.33. The summed E-state index contributed by atoms with van der Waals surface area (Å²) in [7, 11) is 2.08. The molecule has 0 radical (unpaired) electrons. The molecule has 16 heavy (non-hydrogen) atoms. The number of aromatic carboxylic acids is 1. The summed E-state index contributed by atoms with van der Waals surface area (Å²) >= 11 is 1.43. The molecule has 1 rings (SSSR count). The number of hydrogen-bond donors (Lipinski definition) is 1. The molecule has 0 aliphatic heterocycles. The third-order valence-electron chi connectivity index (χ3n) is 2.37. The van der Waals surface area contributed by atoms with Gasteiger partial charge in [-0.15, -0.1) is 11.3 Å². The Kier molecular flexibility index (Phi) is 5.42. The van der Waals surface area contributed by atoms with Gasteiger partial charge in [-0.1, -0.05) is 13.3 Å². The van der Waals surface area contributed by atoms with E-state index in [-0.39, 0.29) is 5.69 Å². The van der Waals surface area contributed by atoms with Gasteiger partial charge in [0.1, 0.15) is 0 Å². The second kappa shape index (κ2) is 6.60. The van der Waals surface area contributed by atoms with Gasteiger partial charge in [0.25, 0.3) is 0 Å². The highest BCUT2D eigenvalue weighted by Crippen LogP contribution is 2.10. The van der Waals surface area contributed by atoms with Crippen LogP contribution in [0.2, 0.25) is 0 Å². The Morgan fingerprint density at radius 3 is 2.88 bits per heavy atom. The highest BCUT2D eigenvalue weighted by atomic mass is 32.1. The maximum absolute atomic E-state index is 10.6. The molecule has 1 heterocycles. The number of nitrogens with zero attached hydrogens (tertiary/aromatic N) is 2. The zero-order valence-electron chi connectivity index (χ0n) is 9.77. The van der Waals surface area contributed by atoms with Gasteiger partial charge in [0.15, 0.2) is 5.69 Å². The number of likely N-dealkylation sites (N-methyl/N-ethyl adjacent to an activating group) is 1. The molecule has 5 heteroatoms. The lowest BCUT2D eigenvalue weighted by Crippen LogP contribution is -2.22. The van der Waals surface area contributed by atoms with E-state index in [0.29, 0.717) is 0 Å². The van der Waals surface area contributed by atoms with Crippen LogP contribution in [0.1, 0.15) is 35.3 Å². The van der Waals surface area contributed by atoms with Crippen molar-refractivity contribution in [3.05, 3.63) is 16.1 Å². The number of thiazole rings is 1. The summed E-state index contributed by atoms with van der Waals surface area (Å²) in [6.45, 7) is 4.20. The van der Waals surface area contributed by atoms with Gasteiger partial charge in [0, 0.05) is 18.3 Å². The lowest BCUT2D eigenvalue weighted by atomic mass is 10.3. The second-order valence-electron chi connectivity index (χ2n) is 3.84. The van der Waals surface area contributed by atoms with E-state index in [1.54, 1.807) is 5.38 Å². The zero-order valence-corrected chi connectivity index (χ0v) is 10.6. The first-order valence-corrected chi connectivity index (χ1v) is 6.37. The molecule has 0 aliphatic rings. The third kappa shape index (κ3) is 4.28. The lowest BCUT2D eigenvalue weighted by molar-refractivity contribution is 0.0691. The van der Waals surface area contributed by atoms with E-state index in [1.807, 2.05) is 0 Å². The quantitative estimate of drug-likeness (QED) is 0.795. The molecule has 0 aliphatic carbocycles. The van der Waals surface area contributed by atoms with Gasteiger partial charge < -0.3 is 10.0 Å². The summed E-state index contributed by atoms with van der Waals surface area (Å²) in [5.41, 5.74) is 0.163. The van der Waals surface area contributed by atoms with Gasteiger partial charge in [0.05, 0.1) is 5.01 Å². The highest BCUT2D eigenvalue weighted by molar-refractivity contribution is 7.09. The van der Waals surface area contributed by atoms with Gasteiger partial charge in [0.2, 0.25) is 0 Å². The molecule has 0 aromatic carbocycles. The lowest BCUT2D eigenvalue weighted by Gasteiger charge is -2.14. The third-order valence-corrected chi connectivity index (χ3v) is 3.28. The van der Waals surface area contributed by atoms with E-state index >= 15 is 0 Å². The fourth-order valence-corrected chi connectivity index (χ4v) is 2.11.